The lowest BCUT2D eigenvalue weighted by molar-refractivity contribution is -0.384. The van der Waals surface area contributed by atoms with Gasteiger partial charge in [0.15, 0.2) is 0 Å². The van der Waals surface area contributed by atoms with Gasteiger partial charge in [-0.25, -0.2) is 4.79 Å². The summed E-state index contributed by atoms with van der Waals surface area (Å²) >= 11 is 0. The molecule has 3 N–H and O–H groups in total. The van der Waals surface area contributed by atoms with E-state index in [1.165, 1.54) is 12.1 Å². The first-order chi connectivity index (χ1) is 11.0. The Morgan fingerprint density at radius 2 is 2.35 bits per heavy atom. The van der Waals surface area contributed by atoms with Crippen molar-refractivity contribution in [2.45, 2.75) is 25.0 Å². The topological polar surface area (TPSA) is 143 Å². The Morgan fingerprint density at radius 1 is 1.61 bits per heavy atom. The standard InChI is InChI=1S/C14H16N4O5/c15-4-3-9-1-2-12(18(21)22)13(5-9)17-7-11(23-14(16)20)6-10(17)8-19/h1-2,5,10-11,19H,3,6-8H2,(H2,16,20)/t10-,11-/m0/s1. The van der Waals surface area contributed by atoms with E-state index in [1.54, 1.807) is 11.0 Å². The first-order valence-corrected chi connectivity index (χ1v) is 6.94. The number of carbonyl (C=O) groups excluding carboxylic acids is 1. The average Bonchev–Trinajstić information content (AvgIpc) is 2.89. The Kier molecular flexibility index (Phi) is 4.98. The summed E-state index contributed by atoms with van der Waals surface area (Å²) in [7, 11) is 0. The summed E-state index contributed by atoms with van der Waals surface area (Å²) in [6.07, 6.45) is -1.05. The fourth-order valence-electron chi connectivity index (χ4n) is 2.75. The number of amides is 1. The number of anilines is 1. The van der Waals surface area contributed by atoms with Crippen LogP contribution in [0, 0.1) is 21.4 Å². The van der Waals surface area contributed by atoms with Gasteiger partial charge in [-0.15, -0.1) is 0 Å². The van der Waals surface area contributed by atoms with Gasteiger partial charge in [-0.3, -0.25) is 10.1 Å². The van der Waals surface area contributed by atoms with Crippen molar-refractivity contribution in [3.8, 4) is 6.07 Å². The van der Waals surface area contributed by atoms with Crippen molar-refractivity contribution >= 4 is 17.5 Å². The summed E-state index contributed by atoms with van der Waals surface area (Å²) < 4.78 is 4.94. The Balaban J connectivity index is 2.37. The molecule has 1 aliphatic heterocycles. The van der Waals surface area contributed by atoms with Crippen LogP contribution in [-0.4, -0.2) is 41.4 Å². The minimum absolute atomic E-state index is 0.115. The van der Waals surface area contributed by atoms with Crippen LogP contribution in [0.3, 0.4) is 0 Å². The number of ether oxygens (including phenoxy) is 1. The zero-order chi connectivity index (χ0) is 17.0. The van der Waals surface area contributed by atoms with Crippen LogP contribution in [0.5, 0.6) is 0 Å². The lowest BCUT2D eigenvalue weighted by atomic mass is 10.1. The third kappa shape index (κ3) is 3.67. The van der Waals surface area contributed by atoms with E-state index in [9.17, 15) is 20.0 Å². The molecule has 1 aliphatic rings. The highest BCUT2D eigenvalue weighted by Gasteiger charge is 2.36. The molecule has 1 aromatic carbocycles. The highest BCUT2D eigenvalue weighted by molar-refractivity contribution is 5.67. The van der Waals surface area contributed by atoms with Gasteiger partial charge in [0.2, 0.25) is 0 Å². The average molecular weight is 320 g/mol. The van der Waals surface area contributed by atoms with Gasteiger partial charge in [-0.1, -0.05) is 6.07 Å². The molecule has 9 nitrogen and oxygen atoms in total. The second-order valence-corrected chi connectivity index (χ2v) is 5.20. The fraction of sp³-hybridized carbons (Fsp3) is 0.429. The van der Waals surface area contributed by atoms with Crippen LogP contribution >= 0.6 is 0 Å². The Labute approximate surface area is 132 Å². The molecule has 0 bridgehead atoms. The number of primary amides is 1. The molecule has 0 aliphatic carbocycles. The minimum atomic E-state index is -0.929. The molecule has 2 atom stereocenters. The second kappa shape index (κ2) is 6.93. The smallest absolute Gasteiger partial charge is 0.404 e. The normalized spacial score (nSPS) is 20.1. The van der Waals surface area contributed by atoms with Crippen molar-refractivity contribution in [3.63, 3.8) is 0 Å². The number of hydrogen-bond donors (Lipinski definition) is 2. The van der Waals surface area contributed by atoms with Crippen LogP contribution in [0.25, 0.3) is 0 Å². The van der Waals surface area contributed by atoms with Crippen LogP contribution in [0.1, 0.15) is 12.0 Å². The first-order valence-electron chi connectivity index (χ1n) is 6.94. The number of aliphatic hydroxyl groups is 1. The van der Waals surface area contributed by atoms with E-state index >= 15 is 0 Å². The highest BCUT2D eigenvalue weighted by Crippen LogP contribution is 2.35. The van der Waals surface area contributed by atoms with Gasteiger partial charge in [-0.2, -0.15) is 5.26 Å². The monoisotopic (exact) mass is 320 g/mol. The summed E-state index contributed by atoms with van der Waals surface area (Å²) in [6, 6.07) is 5.96. The van der Waals surface area contributed by atoms with Crippen molar-refractivity contribution in [1.82, 2.24) is 0 Å². The second-order valence-electron chi connectivity index (χ2n) is 5.20. The molecule has 2 rings (SSSR count). The van der Waals surface area contributed by atoms with Crippen LogP contribution in [0.4, 0.5) is 16.2 Å². The molecule has 0 saturated carbocycles. The van der Waals surface area contributed by atoms with E-state index < -0.39 is 23.2 Å². The summed E-state index contributed by atoms with van der Waals surface area (Å²) in [4.78, 5) is 23.2. The van der Waals surface area contributed by atoms with Gasteiger partial charge in [0.25, 0.3) is 5.69 Å². The van der Waals surface area contributed by atoms with E-state index in [1.807, 2.05) is 6.07 Å². The molecule has 0 unspecified atom stereocenters. The van der Waals surface area contributed by atoms with Gasteiger partial charge in [0.1, 0.15) is 11.8 Å². The highest BCUT2D eigenvalue weighted by atomic mass is 16.6. The number of nitriles is 1. The quantitative estimate of drug-likeness (QED) is 0.600. The van der Waals surface area contributed by atoms with E-state index in [0.717, 1.165) is 0 Å². The molecular formula is C14H16N4O5. The zero-order valence-electron chi connectivity index (χ0n) is 12.2. The Hall–Kier alpha value is -2.86. The molecule has 23 heavy (non-hydrogen) atoms. The van der Waals surface area contributed by atoms with Crippen molar-refractivity contribution < 1.29 is 19.6 Å². The molecule has 1 aromatic rings. The number of hydrogen-bond acceptors (Lipinski definition) is 7. The van der Waals surface area contributed by atoms with Gasteiger partial charge in [-0.05, 0) is 11.6 Å². The molecule has 1 amide bonds. The zero-order valence-corrected chi connectivity index (χ0v) is 12.2. The number of aliphatic hydroxyl groups excluding tert-OH is 1. The molecule has 1 fully saturated rings. The molecule has 9 heteroatoms. The molecule has 0 spiro atoms. The summed E-state index contributed by atoms with van der Waals surface area (Å²) in [5.41, 5.74) is 5.78. The van der Waals surface area contributed by atoms with Crippen LogP contribution in [0.15, 0.2) is 18.2 Å². The summed E-state index contributed by atoms with van der Waals surface area (Å²) in [6.45, 7) is -0.0662. The van der Waals surface area contributed by atoms with Crippen molar-refractivity contribution in [2.24, 2.45) is 5.73 Å². The Bertz CT molecular complexity index is 657. The van der Waals surface area contributed by atoms with Crippen LogP contribution in [-0.2, 0) is 11.2 Å². The van der Waals surface area contributed by atoms with E-state index in [0.29, 0.717) is 12.0 Å². The molecule has 122 valence electrons. The summed E-state index contributed by atoms with van der Waals surface area (Å²) in [5.74, 6) is 0. The van der Waals surface area contributed by atoms with E-state index in [-0.39, 0.29) is 30.9 Å². The molecule has 1 heterocycles. The lowest BCUT2D eigenvalue weighted by Crippen LogP contribution is -2.33. The maximum atomic E-state index is 11.2. The number of nitro groups is 1. The number of nitro benzene ring substituents is 1. The molecule has 0 radical (unpaired) electrons. The fourth-order valence-corrected chi connectivity index (χ4v) is 2.75. The number of nitrogens with zero attached hydrogens (tertiary/aromatic N) is 3. The number of benzene rings is 1. The minimum Gasteiger partial charge on any atom is -0.444 e. The van der Waals surface area contributed by atoms with Crippen molar-refractivity contribution in [3.05, 3.63) is 33.9 Å². The van der Waals surface area contributed by atoms with E-state index in [4.69, 9.17) is 15.7 Å². The largest absolute Gasteiger partial charge is 0.444 e. The molecule has 1 saturated heterocycles. The van der Waals surface area contributed by atoms with Gasteiger partial charge >= 0.3 is 6.09 Å². The first kappa shape index (κ1) is 16.5. The number of rotatable bonds is 5. The van der Waals surface area contributed by atoms with E-state index in [2.05, 4.69) is 0 Å². The lowest BCUT2D eigenvalue weighted by Gasteiger charge is -2.24. The van der Waals surface area contributed by atoms with Gasteiger partial charge in [0.05, 0.1) is 36.6 Å². The van der Waals surface area contributed by atoms with Gasteiger partial charge in [0, 0.05) is 12.5 Å². The summed E-state index contributed by atoms with van der Waals surface area (Å²) in [5, 5.41) is 29.5. The van der Waals surface area contributed by atoms with Crippen molar-refractivity contribution in [1.29, 1.82) is 5.26 Å². The maximum Gasteiger partial charge on any atom is 0.404 e. The molecular weight excluding hydrogens is 304 g/mol. The predicted octanol–water partition coefficient (Wildman–Crippen LogP) is 0.696. The van der Waals surface area contributed by atoms with Crippen LogP contribution in [0.2, 0.25) is 0 Å². The Morgan fingerprint density at radius 3 is 2.91 bits per heavy atom. The SMILES string of the molecule is N#CCc1ccc([N+](=O)[O-])c(N2C[C@@H](OC(N)=O)C[C@H]2CO)c1. The third-order valence-electron chi connectivity index (χ3n) is 3.70. The van der Waals surface area contributed by atoms with Crippen LogP contribution < -0.4 is 10.6 Å². The maximum absolute atomic E-state index is 11.2. The number of carbonyl (C=O) groups is 1. The van der Waals surface area contributed by atoms with Crippen molar-refractivity contribution in [2.75, 3.05) is 18.1 Å². The van der Waals surface area contributed by atoms with Gasteiger partial charge < -0.3 is 20.5 Å². The third-order valence-corrected chi connectivity index (χ3v) is 3.70. The number of nitrogens with two attached hydrogens (primary N) is 1. The molecule has 0 aromatic heterocycles. The predicted molar refractivity (Wildman–Crippen MR) is 79.7 cm³/mol.